The molecule has 3 aromatic rings. The van der Waals surface area contributed by atoms with E-state index in [1.807, 2.05) is 15.7 Å². The van der Waals surface area contributed by atoms with Gasteiger partial charge >= 0.3 is 0 Å². The van der Waals surface area contributed by atoms with E-state index in [1.165, 1.54) is 29.7 Å². The van der Waals surface area contributed by atoms with Crippen LogP contribution in [-0.4, -0.2) is 70.6 Å². The minimum absolute atomic E-state index is 0.0360. The van der Waals surface area contributed by atoms with Crippen LogP contribution in [0.2, 0.25) is 0 Å². The summed E-state index contributed by atoms with van der Waals surface area (Å²) in [6.07, 6.45) is 7.65. The van der Waals surface area contributed by atoms with Crippen LogP contribution in [0, 0.1) is 5.82 Å². The molecule has 9 nitrogen and oxygen atoms in total. The van der Waals surface area contributed by atoms with Gasteiger partial charge in [0.15, 0.2) is 5.13 Å². The normalized spacial score (nSPS) is 13.6. The van der Waals surface area contributed by atoms with Crippen LogP contribution >= 0.6 is 11.3 Å². The number of carbonyl (C=O) groups is 2. The fourth-order valence-corrected chi connectivity index (χ4v) is 4.39. The molecule has 0 bridgehead atoms. The number of nitrogens with zero attached hydrogens (tertiary/aromatic N) is 5. The molecule has 0 atom stereocenters. The monoisotopic (exact) mass is 486 g/mol. The molecule has 4 rings (SSSR count). The number of rotatable bonds is 10. The number of morpholine rings is 1. The summed E-state index contributed by atoms with van der Waals surface area (Å²) in [6.45, 7) is 3.91. The standard InChI is InChI=1S/C23H27FN6O3S/c24-19-4-2-18(3-5-19)15-30(16-21(31)29-10-12-33-13-11-29)23-27-14-20(34-23)22(32)26-6-1-8-28-9-7-25-17-28/h2-5,7,9,14,17H,1,6,8,10-13,15-16H2,(H,26,32). The van der Waals surface area contributed by atoms with Gasteiger partial charge in [0.1, 0.15) is 10.7 Å². The number of benzene rings is 1. The van der Waals surface area contributed by atoms with E-state index < -0.39 is 0 Å². The number of halogens is 1. The molecule has 180 valence electrons. The van der Waals surface area contributed by atoms with Gasteiger partial charge in [-0.3, -0.25) is 9.59 Å². The van der Waals surface area contributed by atoms with E-state index in [2.05, 4.69) is 15.3 Å². The lowest BCUT2D eigenvalue weighted by Gasteiger charge is -2.30. The van der Waals surface area contributed by atoms with Crippen molar-refractivity contribution in [2.24, 2.45) is 0 Å². The molecule has 0 aliphatic carbocycles. The van der Waals surface area contributed by atoms with Crippen LogP contribution in [0.1, 0.15) is 21.7 Å². The van der Waals surface area contributed by atoms with Crippen LogP contribution in [-0.2, 0) is 22.6 Å². The maximum Gasteiger partial charge on any atom is 0.263 e. The molecule has 1 aliphatic rings. The van der Waals surface area contributed by atoms with Gasteiger partial charge in [-0.25, -0.2) is 14.4 Å². The average Bonchev–Trinajstić information content (AvgIpc) is 3.56. The highest BCUT2D eigenvalue weighted by Gasteiger charge is 2.23. The van der Waals surface area contributed by atoms with Crippen molar-refractivity contribution in [3.8, 4) is 0 Å². The molecule has 34 heavy (non-hydrogen) atoms. The number of carbonyl (C=O) groups excluding carboxylic acids is 2. The zero-order valence-electron chi connectivity index (χ0n) is 18.7. The Morgan fingerprint density at radius 2 is 2.00 bits per heavy atom. The quantitative estimate of drug-likeness (QED) is 0.442. The summed E-state index contributed by atoms with van der Waals surface area (Å²) in [4.78, 5) is 38.0. The van der Waals surface area contributed by atoms with Crippen molar-refractivity contribution < 1.29 is 18.7 Å². The van der Waals surface area contributed by atoms with Crippen LogP contribution < -0.4 is 10.2 Å². The predicted octanol–water partition coefficient (Wildman–Crippen LogP) is 2.16. The third-order valence-corrected chi connectivity index (χ3v) is 6.46. The van der Waals surface area contributed by atoms with Gasteiger partial charge in [-0.05, 0) is 24.1 Å². The highest BCUT2D eigenvalue weighted by Crippen LogP contribution is 2.24. The van der Waals surface area contributed by atoms with Gasteiger partial charge in [-0.1, -0.05) is 23.5 Å². The maximum absolute atomic E-state index is 13.4. The lowest BCUT2D eigenvalue weighted by molar-refractivity contribution is -0.133. The molecule has 0 saturated carbocycles. The number of thiazole rings is 1. The van der Waals surface area contributed by atoms with Crippen LogP contribution in [0.4, 0.5) is 9.52 Å². The fraction of sp³-hybridized carbons (Fsp3) is 0.391. The van der Waals surface area contributed by atoms with Crippen molar-refractivity contribution in [3.63, 3.8) is 0 Å². The van der Waals surface area contributed by atoms with Crippen molar-refractivity contribution >= 4 is 28.3 Å². The van der Waals surface area contributed by atoms with Gasteiger partial charge in [-0.2, -0.15) is 0 Å². The van der Waals surface area contributed by atoms with E-state index in [9.17, 15) is 14.0 Å². The summed E-state index contributed by atoms with van der Waals surface area (Å²) in [5, 5.41) is 3.47. The molecule has 3 heterocycles. The van der Waals surface area contributed by atoms with E-state index >= 15 is 0 Å². The first kappa shape index (κ1) is 23.8. The molecule has 2 aromatic heterocycles. The van der Waals surface area contributed by atoms with Crippen LogP contribution in [0.25, 0.3) is 0 Å². The Labute approximate surface area is 201 Å². The van der Waals surface area contributed by atoms with Crippen LogP contribution in [0.15, 0.2) is 49.2 Å². The molecular formula is C23H27FN6O3S. The summed E-state index contributed by atoms with van der Waals surface area (Å²) < 4.78 is 20.6. The first-order valence-electron chi connectivity index (χ1n) is 11.1. The fourth-order valence-electron chi connectivity index (χ4n) is 3.56. The summed E-state index contributed by atoms with van der Waals surface area (Å²) in [5.74, 6) is -0.553. The van der Waals surface area contributed by atoms with Crippen molar-refractivity contribution in [1.29, 1.82) is 0 Å². The Morgan fingerprint density at radius 3 is 2.74 bits per heavy atom. The predicted molar refractivity (Wildman–Crippen MR) is 126 cm³/mol. The molecule has 0 spiro atoms. The third kappa shape index (κ3) is 6.61. The number of aromatic nitrogens is 3. The summed E-state index contributed by atoms with van der Waals surface area (Å²) in [5.41, 5.74) is 0.844. The largest absolute Gasteiger partial charge is 0.378 e. The third-order valence-electron chi connectivity index (χ3n) is 5.40. The molecule has 1 N–H and O–H groups in total. The van der Waals surface area contributed by atoms with Gasteiger partial charge < -0.3 is 24.4 Å². The van der Waals surface area contributed by atoms with E-state index in [1.54, 1.807) is 29.6 Å². The van der Waals surface area contributed by atoms with E-state index in [0.717, 1.165) is 18.5 Å². The van der Waals surface area contributed by atoms with Crippen LogP contribution in [0.3, 0.4) is 0 Å². The SMILES string of the molecule is O=C(NCCCn1ccnc1)c1cnc(N(CC(=O)N2CCOCC2)Cc2ccc(F)cc2)s1. The van der Waals surface area contributed by atoms with E-state index in [-0.39, 0.29) is 24.2 Å². The van der Waals surface area contributed by atoms with Gasteiger partial charge in [0.25, 0.3) is 5.91 Å². The number of amides is 2. The highest BCUT2D eigenvalue weighted by atomic mass is 32.1. The number of nitrogens with one attached hydrogen (secondary N) is 1. The molecule has 0 radical (unpaired) electrons. The molecule has 1 aromatic carbocycles. The van der Waals surface area contributed by atoms with Crippen molar-refractivity contribution in [2.75, 3.05) is 44.3 Å². The summed E-state index contributed by atoms with van der Waals surface area (Å²) >= 11 is 1.23. The first-order valence-corrected chi connectivity index (χ1v) is 11.9. The Balaban J connectivity index is 1.39. The van der Waals surface area contributed by atoms with E-state index in [4.69, 9.17) is 4.74 Å². The maximum atomic E-state index is 13.4. The molecule has 2 amide bonds. The van der Waals surface area contributed by atoms with Crippen molar-refractivity contribution in [3.05, 3.63) is 65.4 Å². The van der Waals surface area contributed by atoms with Crippen molar-refractivity contribution in [2.45, 2.75) is 19.5 Å². The van der Waals surface area contributed by atoms with Crippen molar-refractivity contribution in [1.82, 2.24) is 24.8 Å². The zero-order chi connectivity index (χ0) is 23.8. The Bertz CT molecular complexity index is 1070. The number of hydrogen-bond acceptors (Lipinski definition) is 7. The lowest BCUT2D eigenvalue weighted by atomic mass is 10.2. The topological polar surface area (TPSA) is 92.6 Å². The van der Waals surface area contributed by atoms with Gasteiger partial charge in [0.05, 0.1) is 32.3 Å². The van der Waals surface area contributed by atoms with Crippen LogP contribution in [0.5, 0.6) is 0 Å². The minimum atomic E-state index is -0.319. The molecule has 1 fully saturated rings. The smallest absolute Gasteiger partial charge is 0.263 e. The molecule has 1 saturated heterocycles. The van der Waals surface area contributed by atoms with E-state index in [0.29, 0.717) is 49.4 Å². The molecule has 11 heteroatoms. The number of hydrogen-bond donors (Lipinski definition) is 1. The Hall–Kier alpha value is -3.31. The second-order valence-corrected chi connectivity index (χ2v) is 8.90. The Morgan fingerprint density at radius 1 is 1.21 bits per heavy atom. The summed E-state index contributed by atoms with van der Waals surface area (Å²) in [6, 6.07) is 6.15. The van der Waals surface area contributed by atoms with Gasteiger partial charge in [-0.15, -0.1) is 0 Å². The van der Waals surface area contributed by atoms with Gasteiger partial charge in [0, 0.05) is 45.1 Å². The number of imidazole rings is 1. The minimum Gasteiger partial charge on any atom is -0.378 e. The highest BCUT2D eigenvalue weighted by molar-refractivity contribution is 7.17. The molecule has 0 unspecified atom stereocenters. The second kappa shape index (κ2) is 11.7. The zero-order valence-corrected chi connectivity index (χ0v) is 19.5. The number of ether oxygens (including phenoxy) is 1. The lowest BCUT2D eigenvalue weighted by Crippen LogP contribution is -2.45. The number of aryl methyl sites for hydroxylation is 1. The molecular weight excluding hydrogens is 459 g/mol. The van der Waals surface area contributed by atoms with Gasteiger partial charge in [0.2, 0.25) is 5.91 Å². The first-order chi connectivity index (χ1) is 16.6. The Kier molecular flexibility index (Phi) is 8.21. The number of anilines is 1. The average molecular weight is 487 g/mol. The molecule has 1 aliphatic heterocycles. The second-order valence-electron chi connectivity index (χ2n) is 7.89. The summed E-state index contributed by atoms with van der Waals surface area (Å²) in [7, 11) is 0.